The summed E-state index contributed by atoms with van der Waals surface area (Å²) < 4.78 is 0. The lowest BCUT2D eigenvalue weighted by Gasteiger charge is -1.80. The number of hydrogen-bond acceptors (Lipinski definition) is 1. The van der Waals surface area contributed by atoms with E-state index in [0.717, 1.165) is 12.7 Å². The van der Waals surface area contributed by atoms with Crippen LogP contribution < -0.4 is 0 Å². The first-order valence-electron chi connectivity index (χ1n) is 2.67. The maximum atomic E-state index is 7.00. The first kappa shape index (κ1) is 11.0. The van der Waals surface area contributed by atoms with E-state index in [-0.39, 0.29) is 0 Å². The Labute approximate surface area is 57.0 Å². The molecule has 52 valence electrons. The number of allylic oxidation sites excluding steroid dienone is 4. The minimum atomic E-state index is 1.00. The van der Waals surface area contributed by atoms with E-state index < -0.39 is 0 Å². The summed E-state index contributed by atoms with van der Waals surface area (Å²) in [5, 5.41) is 7.00. The molecule has 0 aromatic heterocycles. The molecule has 1 N–H and O–H groups in total. The third kappa shape index (κ3) is 11.0. The molecule has 1 heteroatoms. The molecule has 0 amide bonds. The van der Waals surface area contributed by atoms with Crippen molar-refractivity contribution in [1.82, 2.24) is 0 Å². The maximum Gasteiger partial charge on any atom is 0.0319 e. The van der Waals surface area contributed by atoms with Gasteiger partial charge in [-0.1, -0.05) is 37.0 Å². The van der Waals surface area contributed by atoms with Crippen molar-refractivity contribution in [3.63, 3.8) is 0 Å². The highest BCUT2D eigenvalue weighted by Gasteiger charge is 1.68. The number of hydrogen-bond donors (Lipinski definition) is 1. The Hall–Kier alpha value is -0.820. The van der Waals surface area contributed by atoms with Crippen LogP contribution >= 0.6 is 0 Å². The largest absolute Gasteiger partial charge is 0.400 e. The molecule has 0 saturated carbocycles. The summed E-state index contributed by atoms with van der Waals surface area (Å²) in [6.45, 7) is 9.07. The molecule has 0 rings (SSSR count). The number of aliphatic hydroxyl groups is 1. The van der Waals surface area contributed by atoms with E-state index in [2.05, 4.69) is 13.2 Å². The van der Waals surface area contributed by atoms with Crippen molar-refractivity contribution in [2.24, 2.45) is 0 Å². The summed E-state index contributed by atoms with van der Waals surface area (Å²) in [5.74, 6) is 0. The van der Waals surface area contributed by atoms with Crippen molar-refractivity contribution >= 4 is 0 Å². The average molecular weight is 126 g/mol. The van der Waals surface area contributed by atoms with Crippen LogP contribution in [0, 0.1) is 0 Å². The van der Waals surface area contributed by atoms with Crippen molar-refractivity contribution in [1.29, 1.82) is 0 Å². The van der Waals surface area contributed by atoms with Gasteiger partial charge in [0, 0.05) is 7.11 Å². The van der Waals surface area contributed by atoms with Crippen LogP contribution in [-0.2, 0) is 0 Å². The Balaban J connectivity index is 0. The molecule has 0 saturated heterocycles. The van der Waals surface area contributed by atoms with Gasteiger partial charge in [0.15, 0.2) is 0 Å². The van der Waals surface area contributed by atoms with Gasteiger partial charge in [0.1, 0.15) is 0 Å². The fourth-order valence-corrected chi connectivity index (χ4v) is 0.254. The second-order valence-corrected chi connectivity index (χ2v) is 1.35. The van der Waals surface area contributed by atoms with Crippen molar-refractivity contribution in [3.8, 4) is 0 Å². The van der Waals surface area contributed by atoms with E-state index in [1.165, 1.54) is 0 Å². The highest BCUT2D eigenvalue weighted by Crippen LogP contribution is 1.90. The van der Waals surface area contributed by atoms with Gasteiger partial charge in [-0.25, -0.2) is 0 Å². The van der Waals surface area contributed by atoms with Crippen molar-refractivity contribution in [2.75, 3.05) is 7.11 Å². The van der Waals surface area contributed by atoms with Gasteiger partial charge in [0.25, 0.3) is 0 Å². The molecule has 0 heterocycles. The summed E-state index contributed by atoms with van der Waals surface area (Å²) >= 11 is 0. The minimum absolute atomic E-state index is 1.00. The standard InChI is InChI=1S/C7H10.CH4O/c1-4-6-7(3)5-2;1-2/h4-6H,1-2H2,3H3;2H,1H3/b7-6-;. The van der Waals surface area contributed by atoms with Crippen LogP contribution in [0.3, 0.4) is 0 Å². The zero-order valence-corrected chi connectivity index (χ0v) is 6.09. The predicted molar refractivity (Wildman–Crippen MR) is 42.3 cm³/mol. The summed E-state index contributed by atoms with van der Waals surface area (Å²) in [5.41, 5.74) is 1.15. The normalized spacial score (nSPS) is 9.00. The molecule has 0 radical (unpaired) electrons. The SMILES string of the molecule is C=C/C=C(/C)C=C.CO. The zero-order valence-electron chi connectivity index (χ0n) is 6.09. The van der Waals surface area contributed by atoms with Crippen LogP contribution in [0.15, 0.2) is 37.0 Å². The van der Waals surface area contributed by atoms with Crippen LogP contribution in [0.25, 0.3) is 0 Å². The molecule has 0 bridgehead atoms. The van der Waals surface area contributed by atoms with Gasteiger partial charge in [-0.2, -0.15) is 0 Å². The molecule has 0 aliphatic carbocycles. The quantitative estimate of drug-likeness (QED) is 0.560. The van der Waals surface area contributed by atoms with Crippen LogP contribution in [0.4, 0.5) is 0 Å². The molecule has 0 atom stereocenters. The molecule has 0 aromatic rings. The second kappa shape index (κ2) is 10.2. The van der Waals surface area contributed by atoms with E-state index in [1.807, 2.05) is 13.0 Å². The number of aliphatic hydroxyl groups excluding tert-OH is 1. The molecule has 0 aliphatic heterocycles. The molecular formula is C8H14O. The zero-order chi connectivity index (χ0) is 7.70. The molecule has 0 unspecified atom stereocenters. The van der Waals surface area contributed by atoms with Gasteiger partial charge in [-0.3, -0.25) is 0 Å². The summed E-state index contributed by atoms with van der Waals surface area (Å²) in [6, 6.07) is 0. The first-order valence-corrected chi connectivity index (χ1v) is 2.67. The molecular weight excluding hydrogens is 112 g/mol. The van der Waals surface area contributed by atoms with Crippen LogP contribution in [-0.4, -0.2) is 12.2 Å². The Morgan fingerprint density at radius 2 is 1.78 bits per heavy atom. The fourth-order valence-electron chi connectivity index (χ4n) is 0.254. The Bertz CT molecular complexity index is 101. The van der Waals surface area contributed by atoms with E-state index in [1.54, 1.807) is 12.2 Å². The van der Waals surface area contributed by atoms with Crippen molar-refractivity contribution in [3.05, 3.63) is 37.0 Å². The average Bonchev–Trinajstić information content (AvgIpc) is 1.93. The second-order valence-electron chi connectivity index (χ2n) is 1.35. The summed E-state index contributed by atoms with van der Waals surface area (Å²) in [7, 11) is 1.00. The van der Waals surface area contributed by atoms with Gasteiger partial charge in [-0.15, -0.1) is 0 Å². The monoisotopic (exact) mass is 126 g/mol. The van der Waals surface area contributed by atoms with Crippen LogP contribution in [0.1, 0.15) is 6.92 Å². The fraction of sp³-hybridized carbons (Fsp3) is 0.250. The van der Waals surface area contributed by atoms with E-state index in [9.17, 15) is 0 Å². The van der Waals surface area contributed by atoms with Gasteiger partial charge in [0.05, 0.1) is 0 Å². The summed E-state index contributed by atoms with van der Waals surface area (Å²) in [4.78, 5) is 0. The lowest BCUT2D eigenvalue weighted by atomic mass is 10.3. The smallest absolute Gasteiger partial charge is 0.0319 e. The van der Waals surface area contributed by atoms with E-state index in [4.69, 9.17) is 5.11 Å². The van der Waals surface area contributed by atoms with Crippen LogP contribution in [0.2, 0.25) is 0 Å². The lowest BCUT2D eigenvalue weighted by Crippen LogP contribution is -1.58. The third-order valence-electron chi connectivity index (χ3n) is 0.703. The van der Waals surface area contributed by atoms with Crippen LogP contribution in [0.5, 0.6) is 0 Å². The Kier molecular flexibility index (Phi) is 12.5. The predicted octanol–water partition coefficient (Wildman–Crippen LogP) is 1.91. The van der Waals surface area contributed by atoms with Crippen molar-refractivity contribution in [2.45, 2.75) is 6.92 Å². The molecule has 0 spiro atoms. The number of rotatable bonds is 2. The van der Waals surface area contributed by atoms with E-state index >= 15 is 0 Å². The maximum absolute atomic E-state index is 7.00. The van der Waals surface area contributed by atoms with E-state index in [0.29, 0.717) is 0 Å². The molecule has 1 nitrogen and oxygen atoms in total. The lowest BCUT2D eigenvalue weighted by molar-refractivity contribution is 0.399. The Morgan fingerprint density at radius 1 is 1.33 bits per heavy atom. The van der Waals surface area contributed by atoms with Gasteiger partial charge < -0.3 is 5.11 Å². The molecule has 0 aliphatic rings. The molecule has 9 heavy (non-hydrogen) atoms. The van der Waals surface area contributed by atoms with Crippen molar-refractivity contribution < 1.29 is 5.11 Å². The summed E-state index contributed by atoms with van der Waals surface area (Å²) in [6.07, 6.45) is 5.45. The molecule has 0 aromatic carbocycles. The highest BCUT2D eigenvalue weighted by atomic mass is 16.2. The minimum Gasteiger partial charge on any atom is -0.400 e. The Morgan fingerprint density at radius 3 is 1.89 bits per heavy atom. The highest BCUT2D eigenvalue weighted by molar-refractivity contribution is 5.17. The van der Waals surface area contributed by atoms with Gasteiger partial charge in [0.2, 0.25) is 0 Å². The van der Waals surface area contributed by atoms with Gasteiger partial charge >= 0.3 is 0 Å². The third-order valence-corrected chi connectivity index (χ3v) is 0.703. The first-order chi connectivity index (χ1) is 4.31. The van der Waals surface area contributed by atoms with Gasteiger partial charge in [-0.05, 0) is 6.92 Å². The molecule has 0 fully saturated rings. The topological polar surface area (TPSA) is 20.2 Å².